The highest BCUT2D eigenvalue weighted by Gasteiger charge is 2.37. The van der Waals surface area contributed by atoms with Gasteiger partial charge in [0, 0.05) is 31.0 Å². The van der Waals surface area contributed by atoms with Crippen molar-refractivity contribution in [3.05, 3.63) is 89.0 Å². The zero-order chi connectivity index (χ0) is 36.2. The van der Waals surface area contributed by atoms with Gasteiger partial charge in [-0.25, -0.2) is 13.6 Å². The average Bonchev–Trinajstić information content (AvgIpc) is 3.39. The zero-order valence-electron chi connectivity index (χ0n) is 29.2. The molecule has 0 bridgehead atoms. The topological polar surface area (TPSA) is 94.2 Å². The fourth-order valence-electron chi connectivity index (χ4n) is 4.99. The van der Waals surface area contributed by atoms with E-state index in [0.29, 0.717) is 59.4 Å². The van der Waals surface area contributed by atoms with Gasteiger partial charge in [-0.3, -0.25) is 14.9 Å². The van der Waals surface area contributed by atoms with E-state index in [9.17, 15) is 23.2 Å². The largest absolute Gasteiger partial charge is 0.490 e. The highest BCUT2D eigenvalue weighted by atomic mass is 31.0. The number of hydrogen-bond acceptors (Lipinski definition) is 6. The van der Waals surface area contributed by atoms with E-state index in [0.717, 1.165) is 23.3 Å². The summed E-state index contributed by atoms with van der Waals surface area (Å²) < 4.78 is 43.9. The van der Waals surface area contributed by atoms with Gasteiger partial charge in [-0.15, -0.1) is 9.24 Å². The lowest BCUT2D eigenvalue weighted by atomic mass is 10.0. The third-order valence-corrected chi connectivity index (χ3v) is 8.25. The van der Waals surface area contributed by atoms with Crippen LogP contribution in [-0.4, -0.2) is 34.8 Å². The second-order valence-electron chi connectivity index (χ2n) is 12.1. The number of benzene rings is 3. The Morgan fingerprint density at radius 2 is 1.67 bits per heavy atom. The third-order valence-electron chi connectivity index (χ3n) is 7.78. The Bertz CT molecular complexity index is 1660. The van der Waals surface area contributed by atoms with Crippen molar-refractivity contribution in [3.8, 4) is 17.2 Å². The predicted octanol–water partition coefficient (Wildman–Crippen LogP) is 9.26. The molecule has 1 N–H and O–H groups in total. The summed E-state index contributed by atoms with van der Waals surface area (Å²) in [4.78, 5) is 40.3. The van der Waals surface area contributed by atoms with E-state index in [-0.39, 0.29) is 36.2 Å². The van der Waals surface area contributed by atoms with E-state index >= 15 is 0 Å². The molecule has 49 heavy (non-hydrogen) atoms. The fourth-order valence-corrected chi connectivity index (χ4v) is 5.33. The summed E-state index contributed by atoms with van der Waals surface area (Å²) in [5.41, 5.74) is 2.96. The van der Waals surface area contributed by atoms with Gasteiger partial charge in [-0.05, 0) is 68.4 Å². The molecule has 1 aliphatic rings. The average molecular weight is 697 g/mol. The molecule has 2 amide bonds. The molecule has 0 spiro atoms. The molecule has 4 rings (SSSR count). The van der Waals surface area contributed by atoms with Crippen LogP contribution in [0, 0.1) is 11.6 Å². The van der Waals surface area contributed by atoms with Crippen LogP contribution in [0.4, 0.5) is 19.3 Å². The smallest absolute Gasteiger partial charge is 0.411 e. The molecule has 1 aliphatic heterocycles. The highest BCUT2D eigenvalue weighted by Crippen LogP contribution is 2.38. The van der Waals surface area contributed by atoms with Crippen molar-refractivity contribution in [2.45, 2.75) is 98.9 Å². The van der Waals surface area contributed by atoms with E-state index in [1.165, 1.54) is 18.9 Å². The second kappa shape index (κ2) is 18.5. The SMILES string of the molecule is C=C(C)C(CCC(=O)CC)N1Cc2ccc(COC(=O)Nc3ccc(Oc4ccc(F)c(F)c4)cc3P)c(OC(C)C)c2C1=O.CCCC. The number of carbonyl (C=O) groups is 3. The van der Waals surface area contributed by atoms with Gasteiger partial charge >= 0.3 is 6.09 Å². The van der Waals surface area contributed by atoms with E-state index in [1.807, 2.05) is 33.8 Å². The Labute approximate surface area is 290 Å². The third kappa shape index (κ3) is 10.8. The second-order valence-corrected chi connectivity index (χ2v) is 12.7. The van der Waals surface area contributed by atoms with E-state index in [4.69, 9.17) is 14.2 Å². The molecule has 0 saturated heterocycles. The highest BCUT2D eigenvalue weighted by molar-refractivity contribution is 7.28. The van der Waals surface area contributed by atoms with Crippen molar-refractivity contribution in [3.63, 3.8) is 0 Å². The molecule has 0 aliphatic carbocycles. The standard InChI is InChI=1S/C34H37F2N2O6P.C4H10/c1-6-23(39)9-14-29(19(2)3)38-17-21-7-8-22(32(43-20(4)5)31(21)33(38)40)18-42-34(41)37-28-13-11-25(16-30(28)45)44-24-10-12-26(35)27(36)15-24;1-3-4-2/h7-8,10-13,15-16,20,29H,2,6,9,14,17-18,45H2,1,3-5H3,(H,37,41);3-4H2,1-2H3. The number of nitrogens with one attached hydrogen (secondary N) is 1. The van der Waals surface area contributed by atoms with Gasteiger partial charge in [0.2, 0.25) is 0 Å². The fraction of sp³-hybridized carbons (Fsp3) is 0.395. The van der Waals surface area contributed by atoms with Crippen LogP contribution >= 0.6 is 9.24 Å². The van der Waals surface area contributed by atoms with Crippen LogP contribution in [0.1, 0.15) is 95.1 Å². The minimum Gasteiger partial charge on any atom is -0.490 e. The van der Waals surface area contributed by atoms with Crippen molar-refractivity contribution < 1.29 is 37.4 Å². The van der Waals surface area contributed by atoms with E-state index in [2.05, 4.69) is 35.0 Å². The van der Waals surface area contributed by atoms with Gasteiger partial charge in [0.05, 0.1) is 23.4 Å². The number of ether oxygens (including phenoxy) is 3. The van der Waals surface area contributed by atoms with Crippen molar-refractivity contribution in [1.82, 2.24) is 4.90 Å². The number of unbranched alkanes of at least 4 members (excludes halogenated alkanes) is 1. The molecule has 1 heterocycles. The molecule has 2 unspecified atom stereocenters. The first kappa shape index (κ1) is 39.1. The van der Waals surface area contributed by atoms with Gasteiger partial charge in [-0.1, -0.05) is 57.9 Å². The van der Waals surface area contributed by atoms with Gasteiger partial charge in [0.15, 0.2) is 11.6 Å². The quantitative estimate of drug-likeness (QED) is 0.133. The predicted molar refractivity (Wildman–Crippen MR) is 192 cm³/mol. The lowest BCUT2D eigenvalue weighted by molar-refractivity contribution is -0.119. The van der Waals surface area contributed by atoms with Crippen LogP contribution in [0.5, 0.6) is 17.2 Å². The van der Waals surface area contributed by atoms with Crippen LogP contribution in [0.2, 0.25) is 0 Å². The zero-order valence-corrected chi connectivity index (χ0v) is 30.3. The Hall–Kier alpha value is -4.30. The number of anilines is 1. The maximum Gasteiger partial charge on any atom is 0.411 e. The molecular weight excluding hydrogens is 649 g/mol. The number of ketones is 1. The molecule has 11 heteroatoms. The van der Waals surface area contributed by atoms with E-state index in [1.54, 1.807) is 29.2 Å². The normalized spacial score (nSPS) is 12.5. The summed E-state index contributed by atoms with van der Waals surface area (Å²) in [6.07, 6.45) is 2.95. The number of hydrogen-bond donors (Lipinski definition) is 1. The number of fused-ring (bicyclic) bond motifs is 1. The molecule has 0 saturated carbocycles. The summed E-state index contributed by atoms with van der Waals surface area (Å²) >= 11 is 0. The van der Waals surface area contributed by atoms with Crippen molar-refractivity contribution in [1.29, 1.82) is 0 Å². The van der Waals surface area contributed by atoms with Crippen molar-refractivity contribution >= 4 is 38.0 Å². The number of Topliss-reactive ketones (excluding diaryl/α,β-unsaturated/α-hetero) is 1. The maximum absolute atomic E-state index is 13.8. The van der Waals surface area contributed by atoms with E-state index < -0.39 is 17.7 Å². The Balaban J connectivity index is 0.00000154. The Kier molecular flexibility index (Phi) is 14.7. The molecular formula is C38H47F2N2O6P. The number of nitrogens with zero attached hydrogens (tertiary/aromatic N) is 1. The maximum atomic E-state index is 13.8. The lowest BCUT2D eigenvalue weighted by Crippen LogP contribution is -2.36. The summed E-state index contributed by atoms with van der Waals surface area (Å²) in [6.45, 7) is 16.0. The number of rotatable bonds is 14. The Morgan fingerprint density at radius 1 is 1.00 bits per heavy atom. The number of carbonyl (C=O) groups excluding carboxylic acids is 3. The molecule has 0 radical (unpaired) electrons. The van der Waals surface area contributed by atoms with Gasteiger partial charge < -0.3 is 19.1 Å². The van der Waals surface area contributed by atoms with Crippen molar-refractivity contribution in [2.75, 3.05) is 5.32 Å². The van der Waals surface area contributed by atoms with Gasteiger partial charge in [0.25, 0.3) is 5.91 Å². The first-order valence-electron chi connectivity index (χ1n) is 16.5. The summed E-state index contributed by atoms with van der Waals surface area (Å²) in [7, 11) is 2.47. The number of halogens is 2. The monoisotopic (exact) mass is 696 g/mol. The van der Waals surface area contributed by atoms with Crippen LogP contribution in [0.15, 0.2) is 60.7 Å². The van der Waals surface area contributed by atoms with Crippen LogP contribution in [0.25, 0.3) is 0 Å². The molecule has 3 aromatic carbocycles. The molecule has 264 valence electrons. The molecule has 3 aromatic rings. The number of amides is 2. The van der Waals surface area contributed by atoms with Gasteiger partial charge in [-0.2, -0.15) is 0 Å². The molecule has 2 atom stereocenters. The van der Waals surface area contributed by atoms with Crippen LogP contribution in [-0.2, 0) is 22.7 Å². The minimum atomic E-state index is -1.03. The molecule has 0 fully saturated rings. The summed E-state index contributed by atoms with van der Waals surface area (Å²) in [5.74, 6) is -1.26. The molecule has 0 aromatic heterocycles. The van der Waals surface area contributed by atoms with Crippen LogP contribution in [0.3, 0.4) is 0 Å². The van der Waals surface area contributed by atoms with Crippen molar-refractivity contribution in [2.24, 2.45) is 0 Å². The Morgan fingerprint density at radius 3 is 2.27 bits per heavy atom. The summed E-state index contributed by atoms with van der Waals surface area (Å²) in [6, 6.07) is 11.3. The first-order valence-corrected chi connectivity index (χ1v) is 17.1. The lowest BCUT2D eigenvalue weighted by Gasteiger charge is -2.28. The molecule has 8 nitrogen and oxygen atoms in total. The minimum absolute atomic E-state index is 0.121. The first-order chi connectivity index (χ1) is 23.3. The summed E-state index contributed by atoms with van der Waals surface area (Å²) in [5, 5.41) is 3.23. The van der Waals surface area contributed by atoms with Gasteiger partial charge in [0.1, 0.15) is 29.6 Å². The van der Waals surface area contributed by atoms with Crippen LogP contribution < -0.4 is 20.1 Å².